The van der Waals surface area contributed by atoms with Crippen LogP contribution in [0.1, 0.15) is 6.42 Å². The number of anilines is 1. The zero-order valence-electron chi connectivity index (χ0n) is 13.5. The first kappa shape index (κ1) is 16.2. The fourth-order valence-corrected chi connectivity index (χ4v) is 2.57. The molecule has 3 heterocycles. The Bertz CT molecular complexity index is 610. The molecule has 0 unspecified atom stereocenters. The number of aryl methyl sites for hydroxylation is 1. The van der Waals surface area contributed by atoms with E-state index >= 15 is 0 Å². The molecule has 0 atom stereocenters. The number of hydrogen-bond donors (Lipinski definition) is 1. The maximum absolute atomic E-state index is 11.8. The molecule has 0 spiro atoms. The van der Waals surface area contributed by atoms with Crippen molar-refractivity contribution >= 4 is 11.9 Å². The standard InChI is InChI=1S/C14H21N9O/c24-13(2-6-23-12-18-19-20-23)15-5-7-21-8-10-22(11-9-21)14-16-3-1-4-17-14/h1,3-4,12H,2,5-11H2,(H,15,24). The van der Waals surface area contributed by atoms with Gasteiger partial charge in [-0.3, -0.25) is 9.69 Å². The van der Waals surface area contributed by atoms with Gasteiger partial charge >= 0.3 is 0 Å². The van der Waals surface area contributed by atoms with Gasteiger partial charge in [0.2, 0.25) is 11.9 Å². The van der Waals surface area contributed by atoms with E-state index in [2.05, 4.69) is 40.6 Å². The predicted molar refractivity (Wildman–Crippen MR) is 86.1 cm³/mol. The molecule has 1 saturated heterocycles. The van der Waals surface area contributed by atoms with E-state index in [0.29, 0.717) is 19.5 Å². The Labute approximate surface area is 139 Å². The first-order valence-electron chi connectivity index (χ1n) is 8.03. The van der Waals surface area contributed by atoms with Crippen molar-refractivity contribution in [2.45, 2.75) is 13.0 Å². The molecule has 2 aromatic rings. The third-order valence-corrected chi connectivity index (χ3v) is 3.92. The molecule has 0 radical (unpaired) electrons. The summed E-state index contributed by atoms with van der Waals surface area (Å²) in [5.74, 6) is 0.801. The van der Waals surface area contributed by atoms with Crippen LogP contribution in [0.25, 0.3) is 0 Å². The number of aromatic nitrogens is 6. The van der Waals surface area contributed by atoms with Crippen LogP contribution >= 0.6 is 0 Å². The lowest BCUT2D eigenvalue weighted by molar-refractivity contribution is -0.121. The van der Waals surface area contributed by atoms with E-state index in [0.717, 1.165) is 38.7 Å². The maximum Gasteiger partial charge on any atom is 0.225 e. The Balaban J connectivity index is 1.30. The SMILES string of the molecule is O=C(CCn1cnnn1)NCCN1CCN(c2ncccn2)CC1. The zero-order valence-corrected chi connectivity index (χ0v) is 13.5. The largest absolute Gasteiger partial charge is 0.355 e. The van der Waals surface area contributed by atoms with E-state index < -0.39 is 0 Å². The first-order chi connectivity index (χ1) is 11.8. The predicted octanol–water partition coefficient (Wildman–Crippen LogP) is -1.21. The van der Waals surface area contributed by atoms with Crippen molar-refractivity contribution in [3.05, 3.63) is 24.8 Å². The summed E-state index contributed by atoms with van der Waals surface area (Å²) in [7, 11) is 0. The van der Waals surface area contributed by atoms with Gasteiger partial charge in [-0.2, -0.15) is 0 Å². The van der Waals surface area contributed by atoms with Crippen LogP contribution in [-0.4, -0.2) is 80.3 Å². The highest BCUT2D eigenvalue weighted by atomic mass is 16.1. The number of rotatable bonds is 7. The summed E-state index contributed by atoms with van der Waals surface area (Å²) >= 11 is 0. The molecular weight excluding hydrogens is 310 g/mol. The highest BCUT2D eigenvalue weighted by Crippen LogP contribution is 2.08. The average Bonchev–Trinajstić information content (AvgIpc) is 3.15. The Morgan fingerprint density at radius 1 is 1.12 bits per heavy atom. The van der Waals surface area contributed by atoms with Crippen molar-refractivity contribution < 1.29 is 4.79 Å². The summed E-state index contributed by atoms with van der Waals surface area (Å²) in [6.07, 6.45) is 5.41. The Kier molecular flexibility index (Phi) is 5.61. The van der Waals surface area contributed by atoms with Gasteiger partial charge in [-0.1, -0.05) is 0 Å². The van der Waals surface area contributed by atoms with Gasteiger partial charge in [-0.05, 0) is 16.5 Å². The minimum atomic E-state index is 0.0156. The van der Waals surface area contributed by atoms with Crippen LogP contribution in [0.3, 0.4) is 0 Å². The molecule has 0 bridgehead atoms. The van der Waals surface area contributed by atoms with Crippen LogP contribution in [-0.2, 0) is 11.3 Å². The van der Waals surface area contributed by atoms with Gasteiger partial charge in [0.15, 0.2) is 0 Å². The van der Waals surface area contributed by atoms with Gasteiger partial charge in [-0.25, -0.2) is 14.6 Å². The van der Waals surface area contributed by atoms with Crippen LogP contribution < -0.4 is 10.2 Å². The lowest BCUT2D eigenvalue weighted by atomic mass is 10.3. The third-order valence-electron chi connectivity index (χ3n) is 3.92. The molecule has 0 saturated carbocycles. The van der Waals surface area contributed by atoms with Gasteiger partial charge < -0.3 is 10.2 Å². The van der Waals surface area contributed by atoms with E-state index in [1.54, 1.807) is 17.1 Å². The molecule has 1 aliphatic heterocycles. The highest BCUT2D eigenvalue weighted by Gasteiger charge is 2.18. The number of hydrogen-bond acceptors (Lipinski definition) is 8. The van der Waals surface area contributed by atoms with Gasteiger partial charge in [0.25, 0.3) is 0 Å². The summed E-state index contributed by atoms with van der Waals surface area (Å²) in [6, 6.07) is 1.82. The number of nitrogens with one attached hydrogen (secondary N) is 1. The van der Waals surface area contributed by atoms with E-state index in [-0.39, 0.29) is 5.91 Å². The van der Waals surface area contributed by atoms with Crippen molar-refractivity contribution in [3.63, 3.8) is 0 Å². The monoisotopic (exact) mass is 331 g/mol. The van der Waals surface area contributed by atoms with Crippen LogP contribution in [0.2, 0.25) is 0 Å². The van der Waals surface area contributed by atoms with Crippen molar-refractivity contribution in [1.82, 2.24) is 40.4 Å². The number of tetrazole rings is 1. The lowest BCUT2D eigenvalue weighted by Crippen LogP contribution is -2.49. The number of carbonyl (C=O) groups excluding carboxylic acids is 1. The number of nitrogens with zero attached hydrogens (tertiary/aromatic N) is 8. The Hall–Kier alpha value is -2.62. The fraction of sp³-hybridized carbons (Fsp3) is 0.571. The molecule has 0 aliphatic carbocycles. The van der Waals surface area contributed by atoms with Crippen LogP contribution in [0.5, 0.6) is 0 Å². The van der Waals surface area contributed by atoms with Gasteiger partial charge in [0, 0.05) is 58.1 Å². The second kappa shape index (κ2) is 8.29. The van der Waals surface area contributed by atoms with E-state index in [1.165, 1.54) is 6.33 Å². The first-order valence-corrected chi connectivity index (χ1v) is 8.03. The molecule has 1 amide bonds. The highest BCUT2D eigenvalue weighted by molar-refractivity contribution is 5.75. The summed E-state index contributed by atoms with van der Waals surface area (Å²) in [5, 5.41) is 13.7. The molecule has 128 valence electrons. The van der Waals surface area contributed by atoms with Crippen molar-refractivity contribution in [1.29, 1.82) is 0 Å². The van der Waals surface area contributed by atoms with Crippen molar-refractivity contribution in [2.75, 3.05) is 44.2 Å². The summed E-state index contributed by atoms with van der Waals surface area (Å²) in [4.78, 5) is 24.9. The average molecular weight is 331 g/mol. The second-order valence-electron chi connectivity index (χ2n) is 5.55. The minimum Gasteiger partial charge on any atom is -0.355 e. The summed E-state index contributed by atoms with van der Waals surface area (Å²) in [5.41, 5.74) is 0. The number of amides is 1. The minimum absolute atomic E-state index is 0.0156. The molecular formula is C14H21N9O. The van der Waals surface area contributed by atoms with E-state index in [1.807, 2.05) is 6.07 Å². The fourth-order valence-electron chi connectivity index (χ4n) is 2.57. The Morgan fingerprint density at radius 3 is 2.62 bits per heavy atom. The second-order valence-corrected chi connectivity index (χ2v) is 5.55. The molecule has 1 fully saturated rings. The number of carbonyl (C=O) groups is 1. The topological polar surface area (TPSA) is 105 Å². The van der Waals surface area contributed by atoms with Gasteiger partial charge in [0.05, 0.1) is 6.54 Å². The molecule has 2 aromatic heterocycles. The molecule has 3 rings (SSSR count). The molecule has 10 heteroatoms. The Morgan fingerprint density at radius 2 is 1.92 bits per heavy atom. The quantitative estimate of drug-likeness (QED) is 0.674. The normalized spacial score (nSPS) is 15.4. The van der Waals surface area contributed by atoms with Crippen LogP contribution in [0.15, 0.2) is 24.8 Å². The molecule has 1 N–H and O–H groups in total. The van der Waals surface area contributed by atoms with E-state index in [9.17, 15) is 4.79 Å². The van der Waals surface area contributed by atoms with E-state index in [4.69, 9.17) is 0 Å². The molecule has 1 aliphatic rings. The molecule has 10 nitrogen and oxygen atoms in total. The molecule has 24 heavy (non-hydrogen) atoms. The number of piperazine rings is 1. The van der Waals surface area contributed by atoms with Gasteiger partial charge in [-0.15, -0.1) is 5.10 Å². The smallest absolute Gasteiger partial charge is 0.225 e. The van der Waals surface area contributed by atoms with Crippen LogP contribution in [0.4, 0.5) is 5.95 Å². The summed E-state index contributed by atoms with van der Waals surface area (Å²) in [6.45, 7) is 5.68. The lowest BCUT2D eigenvalue weighted by Gasteiger charge is -2.34. The summed E-state index contributed by atoms with van der Waals surface area (Å²) < 4.78 is 1.55. The van der Waals surface area contributed by atoms with Gasteiger partial charge in [0.1, 0.15) is 6.33 Å². The third kappa shape index (κ3) is 4.69. The maximum atomic E-state index is 11.8. The van der Waals surface area contributed by atoms with Crippen molar-refractivity contribution in [3.8, 4) is 0 Å². The molecule has 0 aromatic carbocycles. The zero-order chi connectivity index (χ0) is 16.6. The van der Waals surface area contributed by atoms with Crippen LogP contribution in [0, 0.1) is 0 Å². The van der Waals surface area contributed by atoms with Crippen molar-refractivity contribution in [2.24, 2.45) is 0 Å².